The highest BCUT2D eigenvalue weighted by atomic mass is 19.4. The minimum Gasteiger partial charge on any atom is -0.459 e. The standard InChI is InChI=1S/C13H14F3N3O3/c1-19-7-6-18-11(19)12(21,13(14,15)16)4-5-17-10(20)9-3-2-8-22-9/h2-3,6-8,21H,4-5H2,1H3,(H,17,20). The van der Waals surface area contributed by atoms with E-state index in [2.05, 4.69) is 10.3 Å². The number of carbonyl (C=O) groups is 1. The minimum atomic E-state index is -4.93. The number of halogens is 3. The van der Waals surface area contributed by atoms with Crippen molar-refractivity contribution in [1.29, 1.82) is 0 Å². The van der Waals surface area contributed by atoms with Gasteiger partial charge >= 0.3 is 6.18 Å². The van der Waals surface area contributed by atoms with Crippen LogP contribution < -0.4 is 5.32 Å². The largest absolute Gasteiger partial charge is 0.459 e. The summed E-state index contributed by atoms with van der Waals surface area (Å²) in [7, 11) is 1.35. The fourth-order valence-corrected chi connectivity index (χ4v) is 2.00. The minimum absolute atomic E-state index is 0.0208. The number of rotatable bonds is 5. The highest BCUT2D eigenvalue weighted by Crippen LogP contribution is 2.40. The molecule has 0 spiro atoms. The number of imidazole rings is 1. The highest BCUT2D eigenvalue weighted by Gasteiger charge is 2.57. The molecule has 6 nitrogen and oxygen atoms in total. The quantitative estimate of drug-likeness (QED) is 0.877. The first-order chi connectivity index (χ1) is 10.3. The van der Waals surface area contributed by atoms with Gasteiger partial charge in [0, 0.05) is 32.4 Å². The van der Waals surface area contributed by atoms with Gasteiger partial charge in [-0.1, -0.05) is 0 Å². The molecule has 0 aromatic carbocycles. The van der Waals surface area contributed by atoms with Crippen LogP contribution in [0.2, 0.25) is 0 Å². The fraction of sp³-hybridized carbons (Fsp3) is 0.385. The molecular weight excluding hydrogens is 303 g/mol. The van der Waals surface area contributed by atoms with Crippen LogP contribution in [0.25, 0.3) is 0 Å². The Hall–Kier alpha value is -2.29. The molecule has 2 aromatic heterocycles. The zero-order valence-electron chi connectivity index (χ0n) is 11.6. The third kappa shape index (κ3) is 2.98. The normalized spacial score (nSPS) is 14.6. The molecule has 2 N–H and O–H groups in total. The molecular formula is C13H14F3N3O3. The van der Waals surface area contributed by atoms with Gasteiger partial charge in [-0.15, -0.1) is 0 Å². The van der Waals surface area contributed by atoms with Gasteiger partial charge in [-0.2, -0.15) is 13.2 Å². The van der Waals surface area contributed by atoms with E-state index < -0.39 is 36.5 Å². The van der Waals surface area contributed by atoms with Crippen molar-refractivity contribution in [2.45, 2.75) is 18.2 Å². The van der Waals surface area contributed by atoms with Crippen molar-refractivity contribution in [3.63, 3.8) is 0 Å². The molecule has 0 aliphatic carbocycles. The van der Waals surface area contributed by atoms with Crippen molar-refractivity contribution < 1.29 is 27.5 Å². The number of carbonyl (C=O) groups excluding carboxylic acids is 1. The van der Waals surface area contributed by atoms with Gasteiger partial charge in [-0.3, -0.25) is 4.79 Å². The van der Waals surface area contributed by atoms with Crippen LogP contribution in [-0.2, 0) is 12.6 Å². The number of hydrogen-bond acceptors (Lipinski definition) is 4. The van der Waals surface area contributed by atoms with Gasteiger partial charge in [0.05, 0.1) is 6.26 Å². The molecule has 2 heterocycles. The number of alkyl halides is 3. The van der Waals surface area contributed by atoms with Gasteiger partial charge in [0.2, 0.25) is 5.60 Å². The van der Waals surface area contributed by atoms with Gasteiger partial charge in [-0.05, 0) is 12.1 Å². The first-order valence-electron chi connectivity index (χ1n) is 6.34. The zero-order chi connectivity index (χ0) is 16.4. The van der Waals surface area contributed by atoms with Gasteiger partial charge in [-0.25, -0.2) is 4.98 Å². The summed E-state index contributed by atoms with van der Waals surface area (Å²) in [4.78, 5) is 15.2. The smallest absolute Gasteiger partial charge is 0.424 e. The lowest BCUT2D eigenvalue weighted by atomic mass is 9.97. The predicted molar refractivity (Wildman–Crippen MR) is 68.8 cm³/mol. The first-order valence-corrected chi connectivity index (χ1v) is 6.34. The van der Waals surface area contributed by atoms with Crippen LogP contribution in [0.15, 0.2) is 35.2 Å². The molecule has 0 radical (unpaired) electrons. The number of nitrogens with zero attached hydrogens (tertiary/aromatic N) is 2. The molecule has 22 heavy (non-hydrogen) atoms. The number of aryl methyl sites for hydroxylation is 1. The van der Waals surface area contributed by atoms with Gasteiger partial charge in [0.1, 0.15) is 5.82 Å². The summed E-state index contributed by atoms with van der Waals surface area (Å²) in [5.74, 6) is -1.21. The third-order valence-electron chi connectivity index (χ3n) is 3.18. The van der Waals surface area contributed by atoms with E-state index >= 15 is 0 Å². The van der Waals surface area contributed by atoms with Crippen molar-refractivity contribution in [1.82, 2.24) is 14.9 Å². The van der Waals surface area contributed by atoms with E-state index in [0.717, 1.165) is 10.8 Å². The summed E-state index contributed by atoms with van der Waals surface area (Å²) in [5.41, 5.74) is -3.15. The number of amides is 1. The number of aliphatic hydroxyl groups is 1. The molecule has 1 unspecified atom stereocenters. The molecule has 1 amide bonds. The van der Waals surface area contributed by atoms with Gasteiger partial charge in [0.15, 0.2) is 5.76 Å². The third-order valence-corrected chi connectivity index (χ3v) is 3.18. The number of hydrogen-bond donors (Lipinski definition) is 2. The van der Waals surface area contributed by atoms with Crippen molar-refractivity contribution in [2.24, 2.45) is 7.05 Å². The molecule has 0 aliphatic rings. The molecule has 9 heteroatoms. The second-order valence-corrected chi connectivity index (χ2v) is 4.70. The SMILES string of the molecule is Cn1ccnc1C(O)(CCNC(=O)c1ccco1)C(F)(F)F. The maximum absolute atomic E-state index is 13.2. The van der Waals surface area contributed by atoms with Gasteiger partial charge in [0.25, 0.3) is 5.91 Å². The maximum atomic E-state index is 13.2. The second kappa shape index (κ2) is 5.84. The number of aromatic nitrogens is 2. The summed E-state index contributed by atoms with van der Waals surface area (Å²) in [6.45, 7) is -0.400. The van der Waals surface area contributed by atoms with E-state index in [4.69, 9.17) is 4.42 Å². The average Bonchev–Trinajstić information content (AvgIpc) is 3.07. The van der Waals surface area contributed by atoms with E-state index in [1.54, 1.807) is 0 Å². The van der Waals surface area contributed by atoms with E-state index in [0.29, 0.717) is 0 Å². The van der Waals surface area contributed by atoms with Crippen LogP contribution in [0.1, 0.15) is 22.8 Å². The van der Waals surface area contributed by atoms with Crippen LogP contribution in [0.4, 0.5) is 13.2 Å². The Balaban J connectivity index is 2.09. The average molecular weight is 317 g/mol. The van der Waals surface area contributed by atoms with Crippen molar-refractivity contribution in [2.75, 3.05) is 6.54 Å². The predicted octanol–water partition coefficient (Wildman–Crippen LogP) is 1.58. The second-order valence-electron chi connectivity index (χ2n) is 4.70. The van der Waals surface area contributed by atoms with Crippen molar-refractivity contribution in [3.05, 3.63) is 42.4 Å². The lowest BCUT2D eigenvalue weighted by molar-refractivity contribution is -0.272. The van der Waals surface area contributed by atoms with E-state index in [1.165, 1.54) is 31.6 Å². The lowest BCUT2D eigenvalue weighted by Gasteiger charge is -2.29. The van der Waals surface area contributed by atoms with Crippen molar-refractivity contribution >= 4 is 5.91 Å². The van der Waals surface area contributed by atoms with E-state index in [-0.39, 0.29) is 5.76 Å². The topological polar surface area (TPSA) is 80.3 Å². The Labute approximate surface area is 123 Å². The fourth-order valence-electron chi connectivity index (χ4n) is 2.00. The zero-order valence-corrected chi connectivity index (χ0v) is 11.6. The molecule has 0 saturated heterocycles. The van der Waals surface area contributed by atoms with Crippen LogP contribution in [0, 0.1) is 0 Å². The Bertz CT molecular complexity index is 636. The van der Waals surface area contributed by atoms with Crippen LogP contribution in [0.5, 0.6) is 0 Å². The molecule has 0 saturated carbocycles. The Morgan fingerprint density at radius 2 is 2.23 bits per heavy atom. The Kier molecular flexibility index (Phi) is 4.27. The lowest BCUT2D eigenvalue weighted by Crippen LogP contribution is -2.46. The summed E-state index contributed by atoms with van der Waals surface area (Å²) in [6.07, 6.45) is -1.97. The van der Waals surface area contributed by atoms with Crippen LogP contribution in [-0.4, -0.2) is 33.3 Å². The molecule has 2 rings (SSSR count). The van der Waals surface area contributed by atoms with Crippen molar-refractivity contribution in [3.8, 4) is 0 Å². The molecule has 1 atom stereocenters. The molecule has 0 fully saturated rings. The Morgan fingerprint density at radius 1 is 1.50 bits per heavy atom. The molecule has 0 bridgehead atoms. The summed E-state index contributed by atoms with van der Waals surface area (Å²) >= 11 is 0. The van der Waals surface area contributed by atoms with Crippen LogP contribution >= 0.6 is 0 Å². The molecule has 120 valence electrons. The number of nitrogens with one attached hydrogen (secondary N) is 1. The highest BCUT2D eigenvalue weighted by molar-refractivity contribution is 5.91. The van der Waals surface area contributed by atoms with E-state index in [9.17, 15) is 23.1 Å². The monoisotopic (exact) mass is 317 g/mol. The summed E-state index contributed by atoms with van der Waals surface area (Å²) < 4.78 is 45.5. The molecule has 2 aromatic rings. The van der Waals surface area contributed by atoms with Gasteiger partial charge < -0.3 is 19.4 Å². The first kappa shape index (κ1) is 16.1. The van der Waals surface area contributed by atoms with E-state index in [1.807, 2.05) is 0 Å². The Morgan fingerprint density at radius 3 is 2.73 bits per heavy atom. The number of furan rings is 1. The summed E-state index contributed by atoms with van der Waals surface area (Å²) in [5, 5.41) is 12.3. The summed E-state index contributed by atoms with van der Waals surface area (Å²) in [6, 6.07) is 2.86. The van der Waals surface area contributed by atoms with Crippen LogP contribution in [0.3, 0.4) is 0 Å². The maximum Gasteiger partial charge on any atom is 0.424 e. The molecule has 0 aliphatic heterocycles.